The fourth-order valence-electron chi connectivity index (χ4n) is 3.02. The van der Waals surface area contributed by atoms with E-state index >= 15 is 0 Å². The number of fused-ring (bicyclic) bond motifs is 1. The molecule has 2 heterocycles. The molecular weight excluding hydrogens is 316 g/mol. The first-order valence-electron chi connectivity index (χ1n) is 8.71. The Morgan fingerprint density at radius 1 is 1.32 bits per heavy atom. The second-order valence-corrected chi connectivity index (χ2v) is 6.41. The molecule has 0 spiro atoms. The highest BCUT2D eigenvalue weighted by atomic mass is 16.5. The van der Waals surface area contributed by atoms with Crippen LogP contribution in [0.15, 0.2) is 41.1 Å². The minimum absolute atomic E-state index is 0.0734. The van der Waals surface area contributed by atoms with Crippen LogP contribution >= 0.6 is 0 Å². The van der Waals surface area contributed by atoms with Crippen molar-refractivity contribution in [3.05, 3.63) is 53.8 Å². The molecule has 1 saturated carbocycles. The van der Waals surface area contributed by atoms with Gasteiger partial charge < -0.3 is 9.42 Å². The van der Waals surface area contributed by atoms with Gasteiger partial charge in [0.2, 0.25) is 5.89 Å². The molecule has 0 radical (unpaired) electrons. The van der Waals surface area contributed by atoms with Crippen LogP contribution in [0.25, 0.3) is 10.9 Å². The van der Waals surface area contributed by atoms with E-state index in [0.29, 0.717) is 36.3 Å². The maximum atomic E-state index is 12.8. The summed E-state index contributed by atoms with van der Waals surface area (Å²) >= 11 is 0. The van der Waals surface area contributed by atoms with Gasteiger partial charge in [-0.25, -0.2) is 0 Å². The number of aromatic nitrogens is 3. The molecule has 0 atom stereocenters. The Bertz CT molecular complexity index is 901. The number of carbonyl (C=O) groups excluding carboxylic acids is 1. The fourth-order valence-corrected chi connectivity index (χ4v) is 3.02. The Kier molecular flexibility index (Phi) is 4.17. The van der Waals surface area contributed by atoms with Crippen molar-refractivity contribution in [3.8, 4) is 0 Å². The minimum atomic E-state index is -0.0734. The molecule has 25 heavy (non-hydrogen) atoms. The van der Waals surface area contributed by atoms with Gasteiger partial charge in [0.1, 0.15) is 0 Å². The number of pyridine rings is 1. The van der Waals surface area contributed by atoms with Crippen LogP contribution in [0.2, 0.25) is 0 Å². The summed E-state index contributed by atoms with van der Waals surface area (Å²) in [6, 6.07) is 9.65. The highest BCUT2D eigenvalue weighted by Gasteiger charge is 2.26. The highest BCUT2D eigenvalue weighted by Crippen LogP contribution is 2.35. The smallest absolute Gasteiger partial charge is 0.255 e. The second-order valence-electron chi connectivity index (χ2n) is 6.41. The van der Waals surface area contributed by atoms with E-state index in [4.69, 9.17) is 4.52 Å². The first-order valence-corrected chi connectivity index (χ1v) is 8.71. The van der Waals surface area contributed by atoms with Crippen LogP contribution in [0.4, 0.5) is 0 Å². The van der Waals surface area contributed by atoms with Gasteiger partial charge in [-0.05, 0) is 31.9 Å². The molecule has 0 bridgehead atoms. The van der Waals surface area contributed by atoms with Crippen molar-refractivity contribution in [1.82, 2.24) is 20.0 Å². The molecule has 0 N–H and O–H groups in total. The molecule has 1 aromatic carbocycles. The zero-order valence-electron chi connectivity index (χ0n) is 14.2. The van der Waals surface area contributed by atoms with Gasteiger partial charge in [0.15, 0.2) is 5.82 Å². The van der Waals surface area contributed by atoms with E-state index in [2.05, 4.69) is 15.1 Å². The van der Waals surface area contributed by atoms with Crippen molar-refractivity contribution in [1.29, 1.82) is 0 Å². The molecule has 0 aliphatic heterocycles. The monoisotopic (exact) mass is 336 g/mol. The topological polar surface area (TPSA) is 72.1 Å². The predicted octanol–water partition coefficient (Wildman–Crippen LogP) is 3.55. The standard InChI is InChI=1S/C19H20N4O2/c1-2-23(12-17-21-18(25-22-17)13-7-5-8-13)19(24)15-10-14-6-3-4-9-16(14)20-11-15/h3-4,6,9-11,13H,2,5,7-8,12H2,1H3. The van der Waals surface area contributed by atoms with Crippen LogP contribution < -0.4 is 0 Å². The normalized spacial score (nSPS) is 14.4. The van der Waals surface area contributed by atoms with E-state index in [-0.39, 0.29) is 5.91 Å². The lowest BCUT2D eigenvalue weighted by molar-refractivity contribution is 0.0747. The molecule has 6 heteroatoms. The number of para-hydroxylation sites is 1. The molecule has 2 aromatic heterocycles. The van der Waals surface area contributed by atoms with E-state index in [1.165, 1.54) is 6.42 Å². The van der Waals surface area contributed by atoms with Crippen molar-refractivity contribution >= 4 is 16.8 Å². The zero-order chi connectivity index (χ0) is 17.2. The summed E-state index contributed by atoms with van der Waals surface area (Å²) in [6.07, 6.45) is 5.07. The lowest BCUT2D eigenvalue weighted by atomic mass is 9.85. The molecule has 4 rings (SSSR count). The predicted molar refractivity (Wildman–Crippen MR) is 93.0 cm³/mol. The SMILES string of the molecule is CCN(Cc1noc(C2CCC2)n1)C(=O)c1cnc2ccccc2c1. The van der Waals surface area contributed by atoms with Gasteiger partial charge in [-0.15, -0.1) is 0 Å². The molecule has 0 saturated heterocycles. The van der Waals surface area contributed by atoms with Gasteiger partial charge in [-0.1, -0.05) is 29.8 Å². The van der Waals surface area contributed by atoms with Crippen LogP contribution in [-0.4, -0.2) is 32.5 Å². The number of nitrogens with zero attached hydrogens (tertiary/aromatic N) is 4. The zero-order valence-corrected chi connectivity index (χ0v) is 14.2. The van der Waals surface area contributed by atoms with Crippen LogP contribution in [0.1, 0.15) is 54.2 Å². The molecule has 1 fully saturated rings. The van der Waals surface area contributed by atoms with Crippen molar-refractivity contribution in [2.45, 2.75) is 38.6 Å². The average Bonchev–Trinajstić information content (AvgIpc) is 3.05. The third-order valence-corrected chi connectivity index (χ3v) is 4.78. The van der Waals surface area contributed by atoms with Crippen LogP contribution in [-0.2, 0) is 6.54 Å². The van der Waals surface area contributed by atoms with Gasteiger partial charge in [0, 0.05) is 24.0 Å². The van der Waals surface area contributed by atoms with Gasteiger partial charge >= 0.3 is 0 Å². The van der Waals surface area contributed by atoms with Gasteiger partial charge in [-0.2, -0.15) is 4.98 Å². The van der Waals surface area contributed by atoms with Gasteiger partial charge in [0.25, 0.3) is 5.91 Å². The Morgan fingerprint density at radius 2 is 2.16 bits per heavy atom. The molecule has 1 aliphatic carbocycles. The van der Waals surface area contributed by atoms with Crippen LogP contribution in [0.5, 0.6) is 0 Å². The molecule has 3 aromatic rings. The number of amides is 1. The molecule has 128 valence electrons. The van der Waals surface area contributed by atoms with E-state index in [1.54, 1.807) is 11.1 Å². The summed E-state index contributed by atoms with van der Waals surface area (Å²) < 4.78 is 5.35. The van der Waals surface area contributed by atoms with E-state index in [9.17, 15) is 4.79 Å². The molecule has 0 unspecified atom stereocenters. The Hall–Kier alpha value is -2.76. The number of carbonyl (C=O) groups is 1. The largest absolute Gasteiger partial charge is 0.339 e. The van der Waals surface area contributed by atoms with E-state index < -0.39 is 0 Å². The summed E-state index contributed by atoms with van der Waals surface area (Å²) in [4.78, 5) is 23.4. The molecule has 1 amide bonds. The van der Waals surface area contributed by atoms with Crippen molar-refractivity contribution < 1.29 is 9.32 Å². The highest BCUT2D eigenvalue weighted by molar-refractivity contribution is 5.97. The number of hydrogen-bond donors (Lipinski definition) is 0. The summed E-state index contributed by atoms with van der Waals surface area (Å²) in [5.41, 5.74) is 1.45. The van der Waals surface area contributed by atoms with Gasteiger partial charge in [-0.3, -0.25) is 9.78 Å². The molecule has 6 nitrogen and oxygen atoms in total. The Labute approximate surface area is 145 Å². The number of benzene rings is 1. The first kappa shape index (κ1) is 15.7. The Balaban J connectivity index is 1.52. The molecule has 1 aliphatic rings. The molecular formula is C19H20N4O2. The van der Waals surface area contributed by atoms with E-state index in [0.717, 1.165) is 23.7 Å². The number of hydrogen-bond acceptors (Lipinski definition) is 5. The summed E-state index contributed by atoms with van der Waals surface area (Å²) in [5, 5.41) is 4.99. The minimum Gasteiger partial charge on any atom is -0.339 e. The lowest BCUT2D eigenvalue weighted by Crippen LogP contribution is -2.30. The fraction of sp³-hybridized carbons (Fsp3) is 0.368. The Morgan fingerprint density at radius 3 is 2.92 bits per heavy atom. The van der Waals surface area contributed by atoms with Gasteiger partial charge in [0.05, 0.1) is 17.6 Å². The lowest BCUT2D eigenvalue weighted by Gasteiger charge is -2.21. The van der Waals surface area contributed by atoms with Crippen molar-refractivity contribution in [2.24, 2.45) is 0 Å². The third kappa shape index (κ3) is 3.12. The maximum absolute atomic E-state index is 12.8. The third-order valence-electron chi connectivity index (χ3n) is 4.78. The maximum Gasteiger partial charge on any atom is 0.255 e. The summed E-state index contributed by atoms with van der Waals surface area (Å²) in [5.74, 6) is 1.59. The number of rotatable bonds is 5. The van der Waals surface area contributed by atoms with Crippen LogP contribution in [0, 0.1) is 0 Å². The van der Waals surface area contributed by atoms with E-state index in [1.807, 2.05) is 37.3 Å². The summed E-state index contributed by atoms with van der Waals surface area (Å²) in [6.45, 7) is 2.86. The van der Waals surface area contributed by atoms with Crippen molar-refractivity contribution in [2.75, 3.05) is 6.54 Å². The summed E-state index contributed by atoms with van der Waals surface area (Å²) in [7, 11) is 0. The average molecular weight is 336 g/mol. The first-order chi connectivity index (χ1) is 12.2. The van der Waals surface area contributed by atoms with Crippen molar-refractivity contribution in [3.63, 3.8) is 0 Å². The second kappa shape index (κ2) is 6.63. The quantitative estimate of drug-likeness (QED) is 0.712. The van der Waals surface area contributed by atoms with Crippen LogP contribution in [0.3, 0.4) is 0 Å².